The zero-order chi connectivity index (χ0) is 24.2. The number of nitrogens with zero attached hydrogens (tertiary/aromatic N) is 5. The molecule has 1 aliphatic carbocycles. The lowest BCUT2D eigenvalue weighted by atomic mass is 10.1. The van der Waals surface area contributed by atoms with Crippen LogP contribution in [0.3, 0.4) is 0 Å². The number of aromatic nitrogens is 2. The first kappa shape index (κ1) is 24.1. The normalized spacial score (nSPS) is 16.9. The zero-order valence-corrected chi connectivity index (χ0v) is 21.8. The summed E-state index contributed by atoms with van der Waals surface area (Å²) >= 11 is 0. The Morgan fingerprint density at radius 1 is 0.800 bits per heavy atom. The molecule has 0 bridgehead atoms. The second-order valence-corrected chi connectivity index (χ2v) is 10.1. The monoisotopic (exact) mass is 471 g/mol. The molecule has 5 nitrogen and oxygen atoms in total. The maximum atomic E-state index is 5.21. The van der Waals surface area contributed by atoms with Crippen LogP contribution in [0.2, 0.25) is 0 Å². The van der Waals surface area contributed by atoms with E-state index in [0.29, 0.717) is 6.04 Å². The first-order valence-electron chi connectivity index (χ1n) is 13.7. The quantitative estimate of drug-likeness (QED) is 0.401. The molecule has 0 unspecified atom stereocenters. The van der Waals surface area contributed by atoms with Crippen LogP contribution in [0.4, 0.5) is 5.82 Å². The number of piperazine rings is 1. The Labute approximate surface area is 211 Å². The van der Waals surface area contributed by atoms with Gasteiger partial charge in [0.05, 0.1) is 11.4 Å². The summed E-state index contributed by atoms with van der Waals surface area (Å²) in [6.45, 7) is 14.2. The number of aryl methyl sites for hydroxylation is 2. The summed E-state index contributed by atoms with van der Waals surface area (Å²) in [6, 6.07) is 20.7. The molecule has 0 spiro atoms. The lowest BCUT2D eigenvalue weighted by Gasteiger charge is -2.36. The SMILES string of the molecule is CCc1ccc(CN(Cc2c(CC)nn(-c3ccccc3)c2N2CCN(CC)CC2)C2CC2)cc1. The molecule has 1 saturated heterocycles. The van der Waals surface area contributed by atoms with Crippen molar-refractivity contribution in [3.8, 4) is 5.69 Å². The van der Waals surface area contributed by atoms with Gasteiger partial charge in [-0.2, -0.15) is 5.10 Å². The van der Waals surface area contributed by atoms with Crippen LogP contribution >= 0.6 is 0 Å². The van der Waals surface area contributed by atoms with Crippen LogP contribution in [-0.4, -0.2) is 58.3 Å². The van der Waals surface area contributed by atoms with E-state index in [2.05, 4.69) is 94.8 Å². The molecule has 1 saturated carbocycles. The minimum absolute atomic E-state index is 0.690. The third kappa shape index (κ3) is 5.46. The van der Waals surface area contributed by atoms with Gasteiger partial charge in [-0.1, -0.05) is 63.2 Å². The number of rotatable bonds is 10. The molecule has 2 heterocycles. The van der Waals surface area contributed by atoms with Crippen LogP contribution in [0.15, 0.2) is 54.6 Å². The third-order valence-electron chi connectivity index (χ3n) is 7.74. The van der Waals surface area contributed by atoms with Gasteiger partial charge < -0.3 is 9.80 Å². The van der Waals surface area contributed by atoms with Crippen LogP contribution in [0.25, 0.3) is 5.69 Å². The van der Waals surface area contributed by atoms with E-state index in [1.165, 1.54) is 41.0 Å². The van der Waals surface area contributed by atoms with Gasteiger partial charge in [-0.25, -0.2) is 4.68 Å². The van der Waals surface area contributed by atoms with Gasteiger partial charge in [0.15, 0.2) is 0 Å². The summed E-state index contributed by atoms with van der Waals surface area (Å²) in [6.07, 6.45) is 4.68. The molecule has 1 aliphatic heterocycles. The first-order valence-corrected chi connectivity index (χ1v) is 13.7. The van der Waals surface area contributed by atoms with Gasteiger partial charge in [-0.05, 0) is 55.5 Å². The van der Waals surface area contributed by atoms with Crippen molar-refractivity contribution in [1.29, 1.82) is 0 Å². The summed E-state index contributed by atoms with van der Waals surface area (Å²) in [5, 5.41) is 5.21. The average molecular weight is 472 g/mol. The molecule has 2 fully saturated rings. The van der Waals surface area contributed by atoms with Crippen LogP contribution < -0.4 is 4.90 Å². The fourth-order valence-corrected chi connectivity index (χ4v) is 5.35. The Morgan fingerprint density at radius 2 is 1.49 bits per heavy atom. The molecular weight excluding hydrogens is 430 g/mol. The van der Waals surface area contributed by atoms with E-state index < -0.39 is 0 Å². The van der Waals surface area contributed by atoms with E-state index in [0.717, 1.165) is 64.3 Å². The van der Waals surface area contributed by atoms with Gasteiger partial charge in [0, 0.05) is 50.9 Å². The van der Waals surface area contributed by atoms with E-state index in [1.54, 1.807) is 0 Å². The largest absolute Gasteiger partial charge is 0.354 e. The summed E-state index contributed by atoms with van der Waals surface area (Å²) in [4.78, 5) is 7.86. The highest BCUT2D eigenvalue weighted by atomic mass is 15.4. The summed E-state index contributed by atoms with van der Waals surface area (Å²) < 4.78 is 2.23. The maximum Gasteiger partial charge on any atom is 0.137 e. The maximum absolute atomic E-state index is 5.21. The van der Waals surface area contributed by atoms with E-state index in [-0.39, 0.29) is 0 Å². The summed E-state index contributed by atoms with van der Waals surface area (Å²) in [5.74, 6) is 1.32. The van der Waals surface area contributed by atoms with E-state index in [9.17, 15) is 0 Å². The molecule has 3 aromatic rings. The highest BCUT2D eigenvalue weighted by Crippen LogP contribution is 2.35. The van der Waals surface area contributed by atoms with Gasteiger partial charge in [0.1, 0.15) is 5.82 Å². The van der Waals surface area contributed by atoms with Gasteiger partial charge in [0.25, 0.3) is 0 Å². The van der Waals surface area contributed by atoms with Crippen molar-refractivity contribution in [1.82, 2.24) is 19.6 Å². The molecule has 2 aromatic carbocycles. The minimum atomic E-state index is 0.690. The molecule has 5 rings (SSSR count). The summed E-state index contributed by atoms with van der Waals surface area (Å²) in [7, 11) is 0. The van der Waals surface area contributed by atoms with Gasteiger partial charge in [0.2, 0.25) is 0 Å². The molecule has 0 radical (unpaired) electrons. The van der Waals surface area contributed by atoms with Gasteiger partial charge in [-0.15, -0.1) is 0 Å². The van der Waals surface area contributed by atoms with E-state index in [1.807, 2.05) is 0 Å². The molecular formula is C30H41N5. The second kappa shape index (κ2) is 11.0. The van der Waals surface area contributed by atoms with Gasteiger partial charge in [-0.3, -0.25) is 4.90 Å². The van der Waals surface area contributed by atoms with Crippen LogP contribution in [0.5, 0.6) is 0 Å². The van der Waals surface area contributed by atoms with Crippen molar-refractivity contribution in [2.75, 3.05) is 37.6 Å². The number of benzene rings is 2. The molecule has 0 atom stereocenters. The number of para-hydroxylation sites is 1. The fourth-order valence-electron chi connectivity index (χ4n) is 5.35. The fraction of sp³-hybridized carbons (Fsp3) is 0.500. The van der Waals surface area contributed by atoms with Crippen molar-refractivity contribution in [3.05, 3.63) is 77.0 Å². The Hall–Kier alpha value is -2.63. The van der Waals surface area contributed by atoms with Crippen molar-refractivity contribution >= 4 is 5.82 Å². The van der Waals surface area contributed by atoms with Crippen molar-refractivity contribution in [2.45, 2.75) is 65.6 Å². The second-order valence-electron chi connectivity index (χ2n) is 10.1. The van der Waals surface area contributed by atoms with Gasteiger partial charge >= 0.3 is 0 Å². The highest BCUT2D eigenvalue weighted by Gasteiger charge is 2.33. The van der Waals surface area contributed by atoms with Crippen molar-refractivity contribution in [2.24, 2.45) is 0 Å². The Kier molecular flexibility index (Phi) is 7.54. The molecule has 2 aliphatic rings. The van der Waals surface area contributed by atoms with Crippen molar-refractivity contribution in [3.63, 3.8) is 0 Å². The molecule has 5 heteroatoms. The third-order valence-corrected chi connectivity index (χ3v) is 7.74. The van der Waals surface area contributed by atoms with Crippen LogP contribution in [-0.2, 0) is 25.9 Å². The number of anilines is 1. The molecule has 35 heavy (non-hydrogen) atoms. The molecule has 0 amide bonds. The number of hydrogen-bond donors (Lipinski definition) is 0. The topological polar surface area (TPSA) is 27.5 Å². The summed E-state index contributed by atoms with van der Waals surface area (Å²) in [5.41, 5.74) is 6.67. The van der Waals surface area contributed by atoms with Crippen LogP contribution in [0.1, 0.15) is 56.0 Å². The Bertz CT molecular complexity index is 1080. The highest BCUT2D eigenvalue weighted by molar-refractivity contribution is 5.56. The van der Waals surface area contributed by atoms with Crippen molar-refractivity contribution < 1.29 is 0 Å². The standard InChI is InChI=1S/C30H41N5/c1-4-24-12-14-25(15-13-24)22-34(26-16-17-26)23-28-29(5-2)31-35(27-10-8-7-9-11-27)30(28)33-20-18-32(6-3)19-21-33/h7-15,26H,4-6,16-23H2,1-3H3. The minimum Gasteiger partial charge on any atom is -0.354 e. The number of hydrogen-bond acceptors (Lipinski definition) is 4. The lowest BCUT2D eigenvalue weighted by Crippen LogP contribution is -2.47. The lowest BCUT2D eigenvalue weighted by molar-refractivity contribution is 0.244. The first-order chi connectivity index (χ1) is 17.2. The Balaban J connectivity index is 1.49. The molecule has 0 N–H and O–H groups in total. The predicted molar refractivity (Wildman–Crippen MR) is 145 cm³/mol. The van der Waals surface area contributed by atoms with E-state index >= 15 is 0 Å². The molecule has 1 aromatic heterocycles. The predicted octanol–water partition coefficient (Wildman–Crippen LogP) is 5.30. The number of likely N-dealkylation sites (N-methyl/N-ethyl adjacent to an activating group) is 1. The van der Waals surface area contributed by atoms with E-state index in [4.69, 9.17) is 5.10 Å². The Morgan fingerprint density at radius 3 is 2.09 bits per heavy atom. The molecule has 186 valence electrons. The van der Waals surface area contributed by atoms with Crippen LogP contribution in [0, 0.1) is 0 Å². The zero-order valence-electron chi connectivity index (χ0n) is 21.8. The smallest absolute Gasteiger partial charge is 0.137 e. The average Bonchev–Trinajstić information content (AvgIpc) is 3.70.